The number of hydrogen-bond acceptors (Lipinski definition) is 6. The van der Waals surface area contributed by atoms with Crippen LogP contribution in [0.3, 0.4) is 0 Å². The van der Waals surface area contributed by atoms with Crippen molar-refractivity contribution >= 4 is 24.1 Å². The predicted molar refractivity (Wildman–Crippen MR) is 121 cm³/mol. The molecule has 4 N–H and O–H groups in total. The van der Waals surface area contributed by atoms with E-state index in [-0.39, 0.29) is 24.7 Å². The Morgan fingerprint density at radius 2 is 1.57 bits per heavy atom. The summed E-state index contributed by atoms with van der Waals surface area (Å²) in [4.78, 5) is 46.2. The SMILES string of the molecule is CC.CC(=O)CCC(NC(=O)[C@H](CCCCN)NC=O)C(=O)OC(C)C.CCCC. The van der Waals surface area contributed by atoms with Gasteiger partial charge in [-0.2, -0.15) is 0 Å². The molecule has 8 heteroatoms. The van der Waals surface area contributed by atoms with Crippen LogP contribution in [0.4, 0.5) is 0 Å². The summed E-state index contributed by atoms with van der Waals surface area (Å²) in [5.41, 5.74) is 5.42. The molecule has 0 heterocycles. The van der Waals surface area contributed by atoms with E-state index >= 15 is 0 Å². The molecule has 2 amide bonds. The number of carbonyl (C=O) groups is 4. The highest BCUT2D eigenvalue weighted by Crippen LogP contribution is 2.06. The summed E-state index contributed by atoms with van der Waals surface area (Å²) in [6.45, 7) is 13.7. The number of amides is 2. The van der Waals surface area contributed by atoms with E-state index in [9.17, 15) is 19.2 Å². The van der Waals surface area contributed by atoms with Gasteiger partial charge in [-0.1, -0.05) is 40.5 Å². The molecule has 0 aromatic rings. The first-order valence-electron chi connectivity index (χ1n) is 11.1. The van der Waals surface area contributed by atoms with Gasteiger partial charge in [-0.25, -0.2) is 4.79 Å². The minimum atomic E-state index is -0.922. The van der Waals surface area contributed by atoms with Gasteiger partial charge in [-0.3, -0.25) is 9.59 Å². The van der Waals surface area contributed by atoms with Crippen molar-refractivity contribution in [3.63, 3.8) is 0 Å². The number of unbranched alkanes of at least 4 members (excludes halogenated alkanes) is 2. The first-order valence-corrected chi connectivity index (χ1v) is 11.1. The Morgan fingerprint density at radius 1 is 1.00 bits per heavy atom. The maximum atomic E-state index is 12.3. The summed E-state index contributed by atoms with van der Waals surface area (Å²) < 4.78 is 5.11. The minimum Gasteiger partial charge on any atom is -0.461 e. The molecule has 0 aliphatic heterocycles. The summed E-state index contributed by atoms with van der Waals surface area (Å²) in [5.74, 6) is -1.16. The maximum absolute atomic E-state index is 12.3. The van der Waals surface area contributed by atoms with Crippen LogP contribution in [0.2, 0.25) is 0 Å². The van der Waals surface area contributed by atoms with E-state index in [0.29, 0.717) is 25.8 Å². The third-order valence-corrected chi connectivity index (χ3v) is 3.77. The van der Waals surface area contributed by atoms with E-state index in [1.807, 2.05) is 13.8 Å². The van der Waals surface area contributed by atoms with Gasteiger partial charge in [-0.05, 0) is 53.0 Å². The number of ketones is 1. The number of carbonyl (C=O) groups excluding carboxylic acids is 4. The molecule has 0 aromatic carbocycles. The van der Waals surface area contributed by atoms with Gasteiger partial charge in [0, 0.05) is 6.42 Å². The van der Waals surface area contributed by atoms with Gasteiger partial charge < -0.3 is 25.9 Å². The van der Waals surface area contributed by atoms with E-state index < -0.39 is 24.0 Å². The van der Waals surface area contributed by atoms with Crippen molar-refractivity contribution in [3.8, 4) is 0 Å². The van der Waals surface area contributed by atoms with Crippen LogP contribution >= 0.6 is 0 Å². The van der Waals surface area contributed by atoms with Crippen LogP contribution in [0.5, 0.6) is 0 Å². The first-order chi connectivity index (χ1) is 14.2. The summed E-state index contributed by atoms with van der Waals surface area (Å²) in [5, 5.41) is 5.01. The normalized spacial score (nSPS) is 11.6. The van der Waals surface area contributed by atoms with Crippen molar-refractivity contribution in [1.82, 2.24) is 10.6 Å². The highest BCUT2D eigenvalue weighted by atomic mass is 16.5. The number of nitrogens with two attached hydrogens (primary N) is 1. The fraction of sp³-hybridized carbons (Fsp3) is 0.818. The summed E-state index contributed by atoms with van der Waals surface area (Å²) >= 11 is 0. The molecule has 0 bridgehead atoms. The van der Waals surface area contributed by atoms with Crippen molar-refractivity contribution in [2.45, 2.75) is 112 Å². The molecule has 0 fully saturated rings. The van der Waals surface area contributed by atoms with E-state index in [2.05, 4.69) is 24.5 Å². The van der Waals surface area contributed by atoms with E-state index in [0.717, 1.165) is 6.42 Å². The molecule has 8 nitrogen and oxygen atoms in total. The van der Waals surface area contributed by atoms with Crippen LogP contribution in [-0.2, 0) is 23.9 Å². The second-order valence-electron chi connectivity index (χ2n) is 6.91. The van der Waals surface area contributed by atoms with Crippen molar-refractivity contribution in [3.05, 3.63) is 0 Å². The van der Waals surface area contributed by atoms with Crippen molar-refractivity contribution in [1.29, 1.82) is 0 Å². The molecule has 0 aliphatic rings. The molecular formula is C22H45N3O5. The topological polar surface area (TPSA) is 128 Å². The Balaban J connectivity index is -0.00000108. The predicted octanol–water partition coefficient (Wildman–Crippen LogP) is 2.87. The molecule has 0 saturated carbocycles. The highest BCUT2D eigenvalue weighted by molar-refractivity contribution is 5.89. The molecular weight excluding hydrogens is 386 g/mol. The second kappa shape index (κ2) is 23.3. The quantitative estimate of drug-likeness (QED) is 0.220. The molecule has 2 atom stereocenters. The Bertz CT molecular complexity index is 454. The van der Waals surface area contributed by atoms with E-state index in [1.165, 1.54) is 19.8 Å². The fourth-order valence-electron chi connectivity index (χ4n) is 2.05. The van der Waals surface area contributed by atoms with Gasteiger partial charge in [0.15, 0.2) is 0 Å². The first kappa shape index (κ1) is 32.7. The second-order valence-corrected chi connectivity index (χ2v) is 6.91. The third kappa shape index (κ3) is 20.8. The Labute approximate surface area is 183 Å². The molecule has 0 radical (unpaired) electrons. The van der Waals surface area contributed by atoms with Gasteiger partial charge in [0.2, 0.25) is 12.3 Å². The molecule has 0 aromatic heterocycles. The lowest BCUT2D eigenvalue weighted by atomic mass is 10.1. The Kier molecular flexibility index (Phi) is 25.4. The average Bonchev–Trinajstić information content (AvgIpc) is 2.71. The largest absolute Gasteiger partial charge is 0.461 e. The highest BCUT2D eigenvalue weighted by Gasteiger charge is 2.27. The van der Waals surface area contributed by atoms with Gasteiger partial charge in [0.05, 0.1) is 6.10 Å². The molecule has 0 spiro atoms. The lowest BCUT2D eigenvalue weighted by Gasteiger charge is -2.22. The maximum Gasteiger partial charge on any atom is 0.328 e. The number of ether oxygens (including phenoxy) is 1. The lowest BCUT2D eigenvalue weighted by molar-refractivity contribution is -0.152. The number of esters is 1. The number of nitrogens with one attached hydrogen (secondary N) is 2. The van der Waals surface area contributed by atoms with Gasteiger partial charge in [-0.15, -0.1) is 0 Å². The fourth-order valence-corrected chi connectivity index (χ4v) is 2.05. The van der Waals surface area contributed by atoms with E-state index in [1.54, 1.807) is 13.8 Å². The van der Waals surface area contributed by atoms with E-state index in [4.69, 9.17) is 10.5 Å². The lowest BCUT2D eigenvalue weighted by Crippen LogP contribution is -2.50. The molecule has 0 rings (SSSR count). The zero-order chi connectivity index (χ0) is 23.9. The molecule has 1 unspecified atom stereocenters. The summed E-state index contributed by atoms with van der Waals surface area (Å²) in [6.07, 6.45) is 4.88. The van der Waals surface area contributed by atoms with Crippen molar-refractivity contribution in [2.75, 3.05) is 6.54 Å². The molecule has 30 heavy (non-hydrogen) atoms. The zero-order valence-corrected chi connectivity index (χ0v) is 20.1. The van der Waals surface area contributed by atoms with Crippen LogP contribution in [0.25, 0.3) is 0 Å². The average molecular weight is 432 g/mol. The third-order valence-electron chi connectivity index (χ3n) is 3.77. The Morgan fingerprint density at radius 3 is 1.97 bits per heavy atom. The van der Waals surface area contributed by atoms with Crippen molar-refractivity contribution in [2.24, 2.45) is 5.73 Å². The van der Waals surface area contributed by atoms with Crippen LogP contribution in [0.1, 0.15) is 93.4 Å². The van der Waals surface area contributed by atoms with Crippen molar-refractivity contribution < 1.29 is 23.9 Å². The molecule has 0 aliphatic carbocycles. The smallest absolute Gasteiger partial charge is 0.328 e. The molecule has 0 saturated heterocycles. The molecule has 178 valence electrons. The number of hydrogen-bond donors (Lipinski definition) is 3. The van der Waals surface area contributed by atoms with Gasteiger partial charge in [0.25, 0.3) is 0 Å². The minimum absolute atomic E-state index is 0.0860. The van der Waals surface area contributed by atoms with Crippen LogP contribution in [0.15, 0.2) is 0 Å². The van der Waals surface area contributed by atoms with Crippen LogP contribution in [-0.4, -0.2) is 48.8 Å². The Hall–Kier alpha value is -1.96. The summed E-state index contributed by atoms with van der Waals surface area (Å²) in [6, 6.07) is -1.67. The van der Waals surface area contributed by atoms with Crippen LogP contribution < -0.4 is 16.4 Å². The zero-order valence-electron chi connectivity index (χ0n) is 20.1. The monoisotopic (exact) mass is 431 g/mol. The number of Topliss-reactive ketones (excluding diaryl/α,β-unsaturated/α-hetero) is 1. The number of rotatable bonds is 14. The van der Waals surface area contributed by atoms with Gasteiger partial charge >= 0.3 is 5.97 Å². The van der Waals surface area contributed by atoms with Crippen LogP contribution in [0, 0.1) is 0 Å². The van der Waals surface area contributed by atoms with Gasteiger partial charge in [0.1, 0.15) is 17.9 Å². The summed E-state index contributed by atoms with van der Waals surface area (Å²) in [7, 11) is 0. The standard InChI is InChI=1S/C16H29N3O5.C4H10.C2H6/c1-11(2)24-16(23)14(8-7-12(3)21)19-15(22)13(18-10-20)6-4-5-9-17;1-3-4-2;1-2/h10-11,13-14H,4-9,17H2,1-3H3,(H,18,20)(H,19,22);3-4H2,1-2H3;1-2H3/t13-,14?;;/m0../s1.